The van der Waals surface area contributed by atoms with Crippen LogP contribution in [0.2, 0.25) is 0 Å². The summed E-state index contributed by atoms with van der Waals surface area (Å²) in [6, 6.07) is 51.2. The van der Waals surface area contributed by atoms with Gasteiger partial charge in [-0.3, -0.25) is 4.98 Å². The van der Waals surface area contributed by atoms with Crippen LogP contribution in [0.1, 0.15) is 52.7 Å². The molecule has 3 nitrogen and oxygen atoms in total. The SMILES string of the molecule is CC(C)(C)c1cc(-c2cc(-c3cccc(B(c4ccccn4)c4c(-c5ccccc5)ccc5ccsc45)c3)nc(-c3ccccc3O)c2)cc(C(C)(C)C)c1. The van der Waals surface area contributed by atoms with Gasteiger partial charge in [-0.15, -0.1) is 11.3 Å². The van der Waals surface area contributed by atoms with E-state index in [0.717, 1.165) is 39.1 Å². The molecule has 1 N–H and O–H groups in total. The quantitative estimate of drug-likeness (QED) is 0.166. The lowest BCUT2D eigenvalue weighted by Crippen LogP contribution is -2.54. The molecule has 0 saturated heterocycles. The summed E-state index contributed by atoms with van der Waals surface area (Å²) in [4.78, 5) is 10.3. The average molecular weight is 733 g/mol. The molecule has 5 heteroatoms. The highest BCUT2D eigenvalue weighted by Crippen LogP contribution is 2.38. The van der Waals surface area contributed by atoms with Crippen LogP contribution in [-0.4, -0.2) is 21.8 Å². The number of aromatic nitrogens is 2. The summed E-state index contributed by atoms with van der Waals surface area (Å²) in [6.07, 6.45) is 1.89. The van der Waals surface area contributed by atoms with Crippen molar-refractivity contribution in [3.63, 3.8) is 0 Å². The van der Waals surface area contributed by atoms with Gasteiger partial charge in [-0.25, -0.2) is 4.98 Å². The Labute approximate surface area is 329 Å². The number of benzene rings is 5. The molecule has 0 fully saturated rings. The van der Waals surface area contributed by atoms with Gasteiger partial charge in [0.1, 0.15) is 5.75 Å². The molecular formula is C50H45BN2OS. The summed E-state index contributed by atoms with van der Waals surface area (Å²) < 4.78 is 1.26. The number of fused-ring (bicyclic) bond motifs is 1. The maximum atomic E-state index is 11.1. The van der Waals surface area contributed by atoms with Crippen molar-refractivity contribution >= 4 is 44.7 Å². The van der Waals surface area contributed by atoms with Crippen LogP contribution in [0, 0.1) is 0 Å². The minimum Gasteiger partial charge on any atom is -0.507 e. The highest BCUT2D eigenvalue weighted by Gasteiger charge is 2.29. The van der Waals surface area contributed by atoms with Gasteiger partial charge in [-0.2, -0.15) is 0 Å². The molecular weight excluding hydrogens is 687 g/mol. The van der Waals surface area contributed by atoms with E-state index in [0.29, 0.717) is 5.56 Å². The molecule has 0 radical (unpaired) electrons. The molecule has 0 bridgehead atoms. The molecule has 0 aliphatic heterocycles. The van der Waals surface area contributed by atoms with Gasteiger partial charge in [0, 0.05) is 22.1 Å². The molecule has 8 rings (SSSR count). The summed E-state index contributed by atoms with van der Waals surface area (Å²) in [5, 5.41) is 14.5. The third-order valence-corrected chi connectivity index (χ3v) is 11.5. The number of nitrogens with zero attached hydrogens (tertiary/aromatic N) is 2. The van der Waals surface area contributed by atoms with Crippen molar-refractivity contribution in [2.45, 2.75) is 52.4 Å². The smallest absolute Gasteiger partial charge is 0.267 e. The number of para-hydroxylation sites is 1. The predicted octanol–water partition coefficient (Wildman–Crippen LogP) is 11.2. The fraction of sp³-hybridized carbons (Fsp3) is 0.160. The Hall–Kier alpha value is -5.78. The van der Waals surface area contributed by atoms with E-state index in [2.05, 4.69) is 162 Å². The van der Waals surface area contributed by atoms with Crippen molar-refractivity contribution in [2.75, 3.05) is 0 Å². The van der Waals surface area contributed by atoms with Crippen LogP contribution in [0.3, 0.4) is 0 Å². The molecule has 55 heavy (non-hydrogen) atoms. The number of thiophene rings is 1. The first-order chi connectivity index (χ1) is 26.4. The lowest BCUT2D eigenvalue weighted by molar-refractivity contribution is 0.477. The molecule has 3 aromatic heterocycles. The van der Waals surface area contributed by atoms with E-state index >= 15 is 0 Å². The van der Waals surface area contributed by atoms with Crippen molar-refractivity contribution in [2.24, 2.45) is 0 Å². The fourth-order valence-corrected chi connectivity index (χ4v) is 8.43. The molecule has 0 amide bonds. The van der Waals surface area contributed by atoms with Gasteiger partial charge in [-0.1, -0.05) is 150 Å². The lowest BCUT2D eigenvalue weighted by Gasteiger charge is -2.26. The number of aromatic hydroxyl groups is 1. The van der Waals surface area contributed by atoms with Gasteiger partial charge >= 0.3 is 0 Å². The van der Waals surface area contributed by atoms with E-state index in [1.807, 2.05) is 30.5 Å². The molecule has 0 aliphatic carbocycles. The van der Waals surface area contributed by atoms with Crippen LogP contribution in [-0.2, 0) is 10.8 Å². The van der Waals surface area contributed by atoms with Gasteiger partial charge in [0.05, 0.1) is 11.4 Å². The van der Waals surface area contributed by atoms with Crippen LogP contribution in [0.15, 0.2) is 157 Å². The highest BCUT2D eigenvalue weighted by atomic mass is 32.1. The van der Waals surface area contributed by atoms with Crippen LogP contribution in [0.25, 0.3) is 54.9 Å². The Morgan fingerprint density at radius 2 is 1.22 bits per heavy atom. The zero-order valence-corrected chi connectivity index (χ0v) is 33.2. The minimum atomic E-state index is -0.141. The van der Waals surface area contributed by atoms with Crippen molar-refractivity contribution in [1.82, 2.24) is 9.97 Å². The highest BCUT2D eigenvalue weighted by molar-refractivity contribution is 7.20. The van der Waals surface area contributed by atoms with E-state index in [1.54, 1.807) is 17.4 Å². The van der Waals surface area contributed by atoms with Crippen LogP contribution >= 0.6 is 11.3 Å². The summed E-state index contributed by atoms with van der Waals surface area (Å²) >= 11 is 1.78. The molecule has 0 spiro atoms. The Kier molecular flexibility index (Phi) is 9.52. The molecule has 5 aromatic carbocycles. The lowest BCUT2D eigenvalue weighted by atomic mass is 9.37. The number of pyridine rings is 2. The third-order valence-electron chi connectivity index (χ3n) is 10.5. The first-order valence-corrected chi connectivity index (χ1v) is 19.9. The van der Waals surface area contributed by atoms with E-state index < -0.39 is 0 Å². The molecule has 0 unspecified atom stereocenters. The van der Waals surface area contributed by atoms with Gasteiger partial charge in [-0.05, 0) is 108 Å². The number of phenolic OH excluding ortho intramolecular Hbond substituents is 1. The molecule has 0 saturated carbocycles. The summed E-state index contributed by atoms with van der Waals surface area (Å²) in [6.45, 7) is 13.5. The minimum absolute atomic E-state index is 0.0365. The van der Waals surface area contributed by atoms with E-state index in [4.69, 9.17) is 9.97 Å². The van der Waals surface area contributed by atoms with Gasteiger partial charge in [0.2, 0.25) is 0 Å². The topological polar surface area (TPSA) is 46.0 Å². The Bertz CT molecular complexity index is 2600. The first-order valence-electron chi connectivity index (χ1n) is 19.0. The maximum Gasteiger partial charge on any atom is 0.267 e. The van der Waals surface area contributed by atoms with Crippen LogP contribution in [0.5, 0.6) is 5.75 Å². The molecule has 0 atom stereocenters. The molecule has 3 heterocycles. The first kappa shape index (κ1) is 36.2. The largest absolute Gasteiger partial charge is 0.507 e. The Balaban J connectivity index is 1.36. The van der Waals surface area contributed by atoms with Crippen molar-refractivity contribution in [3.8, 4) is 50.5 Å². The molecule has 270 valence electrons. The van der Waals surface area contributed by atoms with E-state index in [-0.39, 0.29) is 23.3 Å². The van der Waals surface area contributed by atoms with Gasteiger partial charge in [0.15, 0.2) is 0 Å². The van der Waals surface area contributed by atoms with Crippen LogP contribution < -0.4 is 16.5 Å². The van der Waals surface area contributed by atoms with Crippen molar-refractivity contribution in [3.05, 3.63) is 168 Å². The Morgan fingerprint density at radius 3 is 1.93 bits per heavy atom. The number of phenols is 1. The zero-order valence-electron chi connectivity index (χ0n) is 32.3. The monoisotopic (exact) mass is 732 g/mol. The fourth-order valence-electron chi connectivity index (χ4n) is 7.45. The molecule has 0 aliphatic rings. The van der Waals surface area contributed by atoms with Crippen molar-refractivity contribution in [1.29, 1.82) is 0 Å². The van der Waals surface area contributed by atoms with Gasteiger partial charge in [0.25, 0.3) is 6.71 Å². The normalized spacial score (nSPS) is 11.9. The molecule has 8 aromatic rings. The summed E-state index contributed by atoms with van der Waals surface area (Å²) in [5.74, 6) is 0.207. The second-order valence-electron chi connectivity index (χ2n) is 16.5. The second-order valence-corrected chi connectivity index (χ2v) is 17.4. The van der Waals surface area contributed by atoms with E-state index in [9.17, 15) is 5.11 Å². The van der Waals surface area contributed by atoms with E-state index in [1.165, 1.54) is 37.8 Å². The van der Waals surface area contributed by atoms with Gasteiger partial charge < -0.3 is 5.11 Å². The number of hydrogen-bond donors (Lipinski definition) is 1. The van der Waals surface area contributed by atoms with Crippen LogP contribution in [0.4, 0.5) is 0 Å². The zero-order chi connectivity index (χ0) is 38.3. The standard InChI is InChI=1S/C50H45BN2OS/c1-49(2,3)38-27-36(28-39(32-38)50(4,5)6)37-30-43(53-44(31-37)42-19-10-11-20-45(42)54)35-17-14-18-40(29-35)51(46-21-12-13-25-52-46)47-41(33-15-8-7-9-16-33)23-22-34-24-26-55-48(34)47/h7-32,54H,1-6H3. The summed E-state index contributed by atoms with van der Waals surface area (Å²) in [5.41, 5.74) is 13.7. The summed E-state index contributed by atoms with van der Waals surface area (Å²) in [7, 11) is 0. The average Bonchev–Trinajstić information content (AvgIpc) is 3.68. The van der Waals surface area contributed by atoms with Crippen molar-refractivity contribution < 1.29 is 5.11 Å². The third kappa shape index (κ3) is 7.37. The second kappa shape index (κ2) is 14.5. The Morgan fingerprint density at radius 1 is 0.545 bits per heavy atom. The maximum absolute atomic E-state index is 11.1. The number of hydrogen-bond acceptors (Lipinski definition) is 4. The number of rotatable bonds is 7. The predicted molar refractivity (Wildman–Crippen MR) is 236 cm³/mol.